The normalized spacial score (nSPS) is 12.7. The van der Waals surface area contributed by atoms with Crippen molar-refractivity contribution in [2.24, 2.45) is 0 Å². The van der Waals surface area contributed by atoms with Gasteiger partial charge in [-0.25, -0.2) is 8.42 Å². The van der Waals surface area contributed by atoms with Crippen LogP contribution in [0, 0.1) is 0 Å². The molecule has 0 saturated heterocycles. The fourth-order valence-electron chi connectivity index (χ4n) is 2.48. The lowest BCUT2D eigenvalue weighted by Gasteiger charge is -2.20. The molecule has 158 valence electrons. The Hall–Kier alpha value is -2.47. The Balaban J connectivity index is 2.16. The van der Waals surface area contributed by atoms with Gasteiger partial charge in [0.2, 0.25) is 4.90 Å². The van der Waals surface area contributed by atoms with E-state index in [2.05, 4.69) is 4.18 Å². The Morgan fingerprint density at radius 2 is 1.17 bits per heavy atom. The van der Waals surface area contributed by atoms with Crippen LogP contribution in [-0.4, -0.2) is 26.0 Å². The van der Waals surface area contributed by atoms with Crippen LogP contribution in [0.3, 0.4) is 0 Å². The molecule has 3 aromatic rings. The zero-order valence-electron chi connectivity index (χ0n) is 15.0. The van der Waals surface area contributed by atoms with Crippen LogP contribution in [0.1, 0.15) is 0 Å². The van der Waals surface area contributed by atoms with E-state index in [1.54, 1.807) is 66.7 Å². The highest BCUT2D eigenvalue weighted by Crippen LogP contribution is 2.39. The van der Waals surface area contributed by atoms with Gasteiger partial charge in [0.05, 0.1) is 0 Å². The topological polar surface area (TPSA) is 101 Å². The van der Waals surface area contributed by atoms with Gasteiger partial charge in [-0.3, -0.25) is 0 Å². The van der Waals surface area contributed by atoms with Crippen molar-refractivity contribution in [3.05, 3.63) is 84.9 Å². The van der Waals surface area contributed by atoms with Crippen LogP contribution in [0.25, 0.3) is 0 Å². The molecule has 0 amide bonds. The third-order valence-corrected chi connectivity index (χ3v) is 8.86. The van der Waals surface area contributed by atoms with Crippen LogP contribution in [-0.2, 0) is 31.1 Å². The second-order valence-corrected chi connectivity index (χ2v) is 11.1. The Labute approximate surface area is 175 Å². The minimum Gasteiger partial charge on any atom is -0.742 e. The van der Waals surface area contributed by atoms with Gasteiger partial charge in [-0.05, 0) is 36.4 Å². The number of hydrogen-bond acceptors (Lipinski definition) is 6. The number of rotatable bonds is 7. The highest BCUT2D eigenvalue weighted by atomic mass is 32.3. The van der Waals surface area contributed by atoms with Crippen molar-refractivity contribution in [3.63, 3.8) is 0 Å². The van der Waals surface area contributed by atoms with E-state index < -0.39 is 41.5 Å². The molecule has 0 spiro atoms. The van der Waals surface area contributed by atoms with Crippen molar-refractivity contribution in [2.45, 2.75) is 19.3 Å². The van der Waals surface area contributed by atoms with Crippen molar-refractivity contribution in [3.8, 4) is 5.75 Å². The van der Waals surface area contributed by atoms with E-state index >= 15 is 0 Å². The van der Waals surface area contributed by atoms with Crippen molar-refractivity contribution < 1.29 is 34.4 Å². The van der Waals surface area contributed by atoms with Crippen LogP contribution >= 0.6 is 0 Å². The zero-order valence-corrected chi connectivity index (χ0v) is 17.5. The smallest absolute Gasteiger partial charge is 0.470 e. The number of alkyl halides is 2. The predicted molar refractivity (Wildman–Crippen MR) is 106 cm³/mol. The number of para-hydroxylation sites is 1. The summed E-state index contributed by atoms with van der Waals surface area (Å²) >= 11 is 0. The molecule has 0 aromatic heterocycles. The molecule has 0 aliphatic rings. The number of hydrogen-bond donors (Lipinski definition) is 0. The Kier molecular flexibility index (Phi) is 6.18. The molecule has 6 nitrogen and oxygen atoms in total. The van der Waals surface area contributed by atoms with E-state index in [4.69, 9.17) is 0 Å². The maximum Gasteiger partial charge on any atom is 0.470 e. The molecule has 3 aromatic carbocycles. The Bertz CT molecular complexity index is 1190. The number of benzene rings is 3. The molecule has 0 aliphatic carbocycles. The predicted octanol–water partition coefficient (Wildman–Crippen LogP) is 3.59. The minimum atomic E-state index is -6.51. The summed E-state index contributed by atoms with van der Waals surface area (Å²) in [6.07, 6.45) is 0. The molecule has 0 fully saturated rings. The van der Waals surface area contributed by atoms with Crippen LogP contribution in [0.5, 0.6) is 5.75 Å². The number of halogens is 2. The van der Waals surface area contributed by atoms with Gasteiger partial charge in [0.15, 0.2) is 25.7 Å². The van der Waals surface area contributed by atoms with Gasteiger partial charge in [0.25, 0.3) is 0 Å². The molecule has 0 radical (unpaired) electrons. The van der Waals surface area contributed by atoms with Gasteiger partial charge in [0, 0.05) is 0 Å². The molecule has 0 N–H and O–H groups in total. The zero-order chi connectivity index (χ0) is 22.0. The van der Waals surface area contributed by atoms with Gasteiger partial charge < -0.3 is 8.74 Å². The molecule has 30 heavy (non-hydrogen) atoms. The standard InChI is InChI=1S/C19H14F2O6S3/c20-19(21,29(22,23)24)30(25,26)27-17-13-7-8-14-18(17)28(15-9-3-1-4-10-15)16-11-5-2-6-12-16/h1-14H. The molecule has 0 saturated carbocycles. The monoisotopic (exact) mass is 472 g/mol. The lowest BCUT2D eigenvalue weighted by molar-refractivity contribution is 0.153. The van der Waals surface area contributed by atoms with Crippen molar-refractivity contribution >= 4 is 31.1 Å². The van der Waals surface area contributed by atoms with Gasteiger partial charge in [0.1, 0.15) is 10.9 Å². The van der Waals surface area contributed by atoms with Crippen molar-refractivity contribution in [2.75, 3.05) is 0 Å². The third-order valence-electron chi connectivity index (χ3n) is 3.81. The minimum absolute atomic E-state index is 0.220. The molecular weight excluding hydrogens is 458 g/mol. The van der Waals surface area contributed by atoms with E-state index in [1.807, 2.05) is 0 Å². The van der Waals surface area contributed by atoms with E-state index in [0.717, 1.165) is 15.9 Å². The molecule has 3 rings (SSSR count). The maximum absolute atomic E-state index is 13.8. The van der Waals surface area contributed by atoms with E-state index in [1.165, 1.54) is 12.1 Å². The fourth-order valence-corrected chi connectivity index (χ4v) is 6.28. The lowest BCUT2D eigenvalue weighted by atomic mass is 10.3. The molecule has 0 bridgehead atoms. The second kappa shape index (κ2) is 8.34. The summed E-state index contributed by atoms with van der Waals surface area (Å²) in [5, 5.41) is 0. The van der Waals surface area contributed by atoms with E-state index in [0.29, 0.717) is 0 Å². The van der Waals surface area contributed by atoms with Crippen LogP contribution in [0.15, 0.2) is 99.6 Å². The summed E-state index contributed by atoms with van der Waals surface area (Å²) in [6.45, 7) is 0. The maximum atomic E-state index is 13.8. The average molecular weight is 473 g/mol. The highest BCUT2D eigenvalue weighted by molar-refractivity contribution is 8.05. The van der Waals surface area contributed by atoms with Gasteiger partial charge >= 0.3 is 14.7 Å². The fraction of sp³-hybridized carbons (Fsp3) is 0.0526. The molecular formula is C19H14F2O6S3. The Morgan fingerprint density at radius 1 is 0.733 bits per heavy atom. The van der Waals surface area contributed by atoms with Gasteiger partial charge in [-0.2, -0.15) is 17.2 Å². The van der Waals surface area contributed by atoms with Gasteiger partial charge in [-0.1, -0.05) is 48.5 Å². The molecule has 0 atom stereocenters. The van der Waals surface area contributed by atoms with Crippen LogP contribution < -0.4 is 4.18 Å². The first-order chi connectivity index (χ1) is 14.0. The van der Waals surface area contributed by atoms with Crippen molar-refractivity contribution in [1.29, 1.82) is 0 Å². The SMILES string of the molecule is O=S(=O)([O-])C(F)(F)S(=O)(=O)Oc1ccccc1[S+](c1ccccc1)c1ccccc1. The lowest BCUT2D eigenvalue weighted by Crippen LogP contribution is -2.40. The molecule has 0 aliphatic heterocycles. The summed E-state index contributed by atoms with van der Waals surface area (Å²) in [7, 11) is -13.6. The Morgan fingerprint density at radius 3 is 1.63 bits per heavy atom. The van der Waals surface area contributed by atoms with E-state index in [-0.39, 0.29) is 4.90 Å². The average Bonchev–Trinajstić information content (AvgIpc) is 2.70. The summed E-state index contributed by atoms with van der Waals surface area (Å²) < 4.78 is 82.7. The third kappa shape index (κ3) is 4.33. The highest BCUT2D eigenvalue weighted by Gasteiger charge is 2.55. The first-order valence-corrected chi connectivity index (χ1v) is 12.3. The summed E-state index contributed by atoms with van der Waals surface area (Å²) in [5.74, 6) is -0.503. The summed E-state index contributed by atoms with van der Waals surface area (Å²) in [5.41, 5.74) is 0. The second-order valence-electron chi connectivity index (χ2n) is 5.83. The van der Waals surface area contributed by atoms with Gasteiger partial charge in [-0.15, -0.1) is 0 Å². The molecule has 0 heterocycles. The first-order valence-electron chi connectivity index (χ1n) is 8.25. The van der Waals surface area contributed by atoms with E-state index in [9.17, 15) is 30.2 Å². The summed E-state index contributed by atoms with van der Waals surface area (Å²) in [6, 6.07) is 23.2. The van der Waals surface area contributed by atoms with Crippen LogP contribution in [0.4, 0.5) is 8.78 Å². The first kappa shape index (κ1) is 22.2. The molecule has 11 heteroatoms. The summed E-state index contributed by atoms with van der Waals surface area (Å²) in [4.78, 5) is 1.69. The molecule has 0 unspecified atom stereocenters. The van der Waals surface area contributed by atoms with Crippen LogP contribution in [0.2, 0.25) is 0 Å². The quantitative estimate of drug-likeness (QED) is 0.296. The van der Waals surface area contributed by atoms with Crippen molar-refractivity contribution in [1.82, 2.24) is 0 Å². The largest absolute Gasteiger partial charge is 0.742 e.